The third-order valence-electron chi connectivity index (χ3n) is 2.49. The van der Waals surface area contributed by atoms with Crippen LogP contribution in [0.3, 0.4) is 0 Å². The second-order valence-corrected chi connectivity index (χ2v) is 4.00. The summed E-state index contributed by atoms with van der Waals surface area (Å²) in [6.07, 6.45) is -10.5. The van der Waals surface area contributed by atoms with Gasteiger partial charge in [-0.3, -0.25) is 0 Å². The fourth-order valence-electron chi connectivity index (χ4n) is 1.53. The minimum atomic E-state index is -5.22. The first-order valence-corrected chi connectivity index (χ1v) is 5.99. The average molecular weight is 320 g/mol. The van der Waals surface area contributed by atoms with Crippen LogP contribution in [0.2, 0.25) is 0 Å². The lowest BCUT2D eigenvalue weighted by atomic mass is 10.1. The van der Waals surface area contributed by atoms with E-state index in [2.05, 4.69) is 0 Å². The third-order valence-corrected chi connectivity index (χ3v) is 2.49. The number of benzene rings is 2. The number of alkyl halides is 3. The molecular weight excluding hydrogens is 291 g/mol. The van der Waals surface area contributed by atoms with Crippen molar-refractivity contribution in [3.63, 3.8) is 0 Å². The summed E-state index contributed by atoms with van der Waals surface area (Å²) >= 11 is 0. The van der Waals surface area contributed by atoms with Crippen molar-refractivity contribution in [3.05, 3.63) is 65.6 Å². The Hall–Kier alpha value is -2.01. The molecule has 0 aliphatic carbocycles. The molecule has 0 aromatic heterocycles. The van der Waals surface area contributed by atoms with E-state index in [-0.39, 0.29) is 5.56 Å². The zero-order chi connectivity index (χ0) is 25.6. The topological polar surface area (TPSA) is 21.3 Å². The largest absolute Gasteiger partial charge is 0.486 e. The summed E-state index contributed by atoms with van der Waals surface area (Å²) in [6, 6.07) is 1.35. The van der Waals surface area contributed by atoms with Gasteiger partial charge in [-0.05, 0) is 43.2 Å². The van der Waals surface area contributed by atoms with Crippen LogP contribution in [0.25, 0.3) is 0 Å². The maximum atomic E-state index is 13.2. The fraction of sp³-hybridized carbons (Fsp3) is 0.294. The summed E-state index contributed by atoms with van der Waals surface area (Å²) < 4.78 is 130. The monoisotopic (exact) mass is 320 g/mol. The van der Waals surface area contributed by atoms with Crippen molar-refractivity contribution < 1.29 is 33.0 Å². The van der Waals surface area contributed by atoms with Crippen molar-refractivity contribution in [1.82, 2.24) is 5.32 Å². The molecule has 0 radical (unpaired) electrons. The standard InChI is InChI=1S/C17H18F3NO/c1-21-12-11-16(13-5-3-2-4-6-13)22-15-9-7-14(8-10-15)17(18,19)20/h2-10,16,21H,11-12H2,1H3/i1D3,7D,8D,9D,10D,11D2,12D2. The lowest BCUT2D eigenvalue weighted by Gasteiger charge is -2.20. The van der Waals surface area contributed by atoms with E-state index < -0.39 is 67.6 Å². The zero-order valence-electron chi connectivity index (χ0n) is 22.0. The highest BCUT2D eigenvalue weighted by Crippen LogP contribution is 2.31. The summed E-state index contributed by atoms with van der Waals surface area (Å²) in [6.45, 7) is -6.43. The van der Waals surface area contributed by atoms with Crippen LogP contribution < -0.4 is 10.1 Å². The van der Waals surface area contributed by atoms with Crippen molar-refractivity contribution in [2.24, 2.45) is 0 Å². The highest BCUT2D eigenvalue weighted by Gasteiger charge is 2.30. The second-order valence-electron chi connectivity index (χ2n) is 4.00. The van der Waals surface area contributed by atoms with Gasteiger partial charge >= 0.3 is 6.18 Å². The van der Waals surface area contributed by atoms with E-state index in [1.165, 1.54) is 35.6 Å². The maximum absolute atomic E-state index is 13.2. The van der Waals surface area contributed by atoms with Gasteiger partial charge in [-0.2, -0.15) is 13.2 Å². The van der Waals surface area contributed by atoms with Gasteiger partial charge in [-0.25, -0.2) is 0 Å². The van der Waals surface area contributed by atoms with Crippen LogP contribution in [0.1, 0.15) is 38.7 Å². The Morgan fingerprint density at radius 2 is 1.91 bits per heavy atom. The lowest BCUT2D eigenvalue weighted by molar-refractivity contribution is -0.137. The first-order valence-electron chi connectivity index (χ1n) is 11.5. The van der Waals surface area contributed by atoms with Crippen LogP contribution in [-0.2, 0) is 6.18 Å². The van der Waals surface area contributed by atoms with Gasteiger partial charge in [0.15, 0.2) is 0 Å². The molecule has 0 amide bonds. The lowest BCUT2D eigenvalue weighted by Crippen LogP contribution is -2.16. The van der Waals surface area contributed by atoms with Crippen LogP contribution >= 0.6 is 0 Å². The number of rotatable bonds is 6. The fourth-order valence-corrected chi connectivity index (χ4v) is 1.53. The molecule has 2 rings (SSSR count). The zero-order valence-corrected chi connectivity index (χ0v) is 11.0. The van der Waals surface area contributed by atoms with Gasteiger partial charge in [0, 0.05) is 16.0 Å². The second kappa shape index (κ2) is 7.31. The molecule has 1 atom stereocenters. The van der Waals surface area contributed by atoms with E-state index in [1.807, 2.05) is 0 Å². The molecule has 0 spiro atoms. The number of hydrogen-bond acceptors (Lipinski definition) is 2. The first-order chi connectivity index (χ1) is 14.8. The molecule has 0 saturated heterocycles. The number of ether oxygens (including phenoxy) is 1. The van der Waals surface area contributed by atoms with E-state index in [0.29, 0.717) is 0 Å². The van der Waals surface area contributed by atoms with Crippen LogP contribution in [-0.4, -0.2) is 13.5 Å². The summed E-state index contributed by atoms with van der Waals surface area (Å²) in [5.74, 6) is -1.06. The van der Waals surface area contributed by atoms with Gasteiger partial charge < -0.3 is 10.1 Å². The van der Waals surface area contributed by atoms with Gasteiger partial charge in [0.1, 0.15) is 11.9 Å². The minimum absolute atomic E-state index is 0.101. The van der Waals surface area contributed by atoms with Crippen molar-refractivity contribution in [1.29, 1.82) is 0 Å². The van der Waals surface area contributed by atoms with Gasteiger partial charge in [0.25, 0.3) is 0 Å². The van der Waals surface area contributed by atoms with E-state index >= 15 is 0 Å². The molecular formula is C17H18F3NO. The van der Waals surface area contributed by atoms with Crippen LogP contribution in [0, 0.1) is 0 Å². The van der Waals surface area contributed by atoms with Crippen LogP contribution in [0.4, 0.5) is 13.2 Å². The van der Waals surface area contributed by atoms with Gasteiger partial charge in [0.05, 0.1) is 11.0 Å². The molecule has 0 saturated carbocycles. The Morgan fingerprint density at radius 1 is 1.23 bits per heavy atom. The van der Waals surface area contributed by atoms with Crippen LogP contribution in [0.15, 0.2) is 54.5 Å². The van der Waals surface area contributed by atoms with Crippen molar-refractivity contribution in [3.8, 4) is 5.75 Å². The number of halogens is 3. The Labute approximate surface area is 143 Å². The smallest absolute Gasteiger partial charge is 0.416 e. The van der Waals surface area contributed by atoms with Crippen molar-refractivity contribution in [2.75, 3.05) is 13.5 Å². The molecule has 2 aromatic carbocycles. The Bertz CT molecular complexity index is 981. The average Bonchev–Trinajstić information content (AvgIpc) is 2.64. The number of hydrogen-bond donors (Lipinski definition) is 1. The molecule has 2 nitrogen and oxygen atoms in total. The molecule has 5 heteroatoms. The van der Waals surface area contributed by atoms with Gasteiger partial charge in [0.2, 0.25) is 0 Å². The molecule has 0 bridgehead atoms. The SMILES string of the molecule is [2H]c1c([2H])c(C(F)(F)F)c([2H])c([2H])c1OC(c1ccccc1)C([2H])([2H])C([2H])([2H])NC([2H])([2H])[2H]. The molecule has 0 aliphatic rings. The predicted molar refractivity (Wildman–Crippen MR) is 79.8 cm³/mol. The molecule has 0 aliphatic heterocycles. The predicted octanol–water partition coefficient (Wildman–Crippen LogP) is 4.44. The highest BCUT2D eigenvalue weighted by molar-refractivity contribution is 5.30. The van der Waals surface area contributed by atoms with Crippen LogP contribution in [0.5, 0.6) is 5.75 Å². The Kier molecular flexibility index (Phi) is 2.34. The van der Waals surface area contributed by atoms with E-state index in [9.17, 15) is 13.2 Å². The summed E-state index contributed by atoms with van der Waals surface area (Å²) in [5, 5.41) is 1.51. The summed E-state index contributed by atoms with van der Waals surface area (Å²) in [7, 11) is 0. The molecule has 0 heterocycles. The van der Waals surface area contributed by atoms with E-state index in [4.69, 9.17) is 19.8 Å². The van der Waals surface area contributed by atoms with Crippen molar-refractivity contribution in [2.45, 2.75) is 18.7 Å². The van der Waals surface area contributed by atoms with E-state index in [0.717, 1.165) is 0 Å². The number of nitrogens with one attached hydrogen (secondary N) is 1. The summed E-state index contributed by atoms with van der Waals surface area (Å²) in [5.41, 5.74) is -1.95. The molecule has 2 aromatic rings. The molecule has 118 valence electrons. The third kappa shape index (κ3) is 4.49. The molecule has 0 fully saturated rings. The maximum Gasteiger partial charge on any atom is 0.416 e. The quantitative estimate of drug-likeness (QED) is 0.850. The molecule has 1 unspecified atom stereocenters. The van der Waals surface area contributed by atoms with Gasteiger partial charge in [-0.1, -0.05) is 30.3 Å². The van der Waals surface area contributed by atoms with Crippen molar-refractivity contribution >= 4 is 0 Å². The van der Waals surface area contributed by atoms with E-state index in [1.54, 1.807) is 0 Å². The normalized spacial score (nSPS) is 22.0. The molecule has 22 heavy (non-hydrogen) atoms. The first kappa shape index (κ1) is 7.04. The summed E-state index contributed by atoms with van der Waals surface area (Å²) in [4.78, 5) is 0. The Morgan fingerprint density at radius 3 is 2.50 bits per heavy atom. The van der Waals surface area contributed by atoms with Gasteiger partial charge in [-0.15, -0.1) is 0 Å². The minimum Gasteiger partial charge on any atom is -0.486 e. The highest BCUT2D eigenvalue weighted by atomic mass is 19.4. The molecule has 1 N–H and O–H groups in total. The Balaban J connectivity index is 2.71.